The molecule has 30 N–H and O–H groups in total. The maximum Gasteiger partial charge on any atom is 0.322 e. The number of aliphatic hydroxyl groups is 2. The summed E-state index contributed by atoms with van der Waals surface area (Å²) >= 11 is 0.715. The standard InChI is InChI=1S/C92H139N25O22S/c1-48(2)33-63-82(130)114-70(44-119)88(136)105-61(25-17-31-98-92(95)96)81(129)116-76(51(7)8)90(138)111-65(35-50(5)6)84(132)115-71(77(125)101-42-75(123)124)45-140-46-73(120)103-66(36-52-39-99-57-21-11-9-19-55(52)57)85(133)106-62(27-28-74(121)122)80(128)109-64(34-49(3)4)83(131)113-69(43-118)87(135)104-59(23-13-15-29-93)78(126)110-67(37-53-40-100-58-22-12-10-20-56(53)58)86(134)112-68(38-54-41-97-47-102-54)91(139)117-32-18-26-72(117)89(137)107-60(79(127)108-63)24-14-16-30-94/h9-12,19-22,39-41,47-51,59-72,76,99-100,118-119H,13-18,23-38,42-46,93-94H2,1-8H3,(H,97,102)(H,101,125)(H,103,120)(H,104,135)(H,105,136)(H,106,133)(H,107,137)(H,108,127)(H,109,128)(H,110,126)(H,111,138)(H,112,134)(H,113,131)(H,114,130)(H,115,132)(H,116,129)(H,121,122)(H,123,124)(H4,95,96,98)/t59-,60-,61-,62-,63-,64-,65-,66+,67-,68-,69-,70-,71-,72-,76-/m0/s1. The summed E-state index contributed by atoms with van der Waals surface area (Å²) in [5.41, 5.74) is 20.0. The number of hydrogen-bond acceptors (Lipinski definition) is 25. The maximum atomic E-state index is 15.5. The number of aliphatic hydroxyl groups excluding tert-OH is 2. The van der Waals surface area contributed by atoms with Gasteiger partial charge in [0.15, 0.2) is 5.96 Å². The molecule has 0 aliphatic carbocycles. The second kappa shape index (κ2) is 57.3. The number of rotatable bonds is 33. The van der Waals surface area contributed by atoms with Crippen molar-refractivity contribution in [2.75, 3.05) is 57.4 Å². The Morgan fingerprint density at radius 3 is 1.34 bits per heavy atom. The number of thioether (sulfide) groups is 1. The Morgan fingerprint density at radius 2 is 0.886 bits per heavy atom. The van der Waals surface area contributed by atoms with Crippen LogP contribution in [0.25, 0.3) is 21.8 Å². The number of nitrogens with two attached hydrogens (primary N) is 3. The number of aromatic nitrogens is 4. The van der Waals surface area contributed by atoms with Gasteiger partial charge in [-0.2, -0.15) is 0 Å². The molecule has 48 heteroatoms. The molecule has 0 unspecified atom stereocenters. The highest BCUT2D eigenvalue weighted by atomic mass is 32.2. The quantitative estimate of drug-likeness (QED) is 0.0109. The van der Waals surface area contributed by atoms with Crippen LogP contribution in [0.5, 0.6) is 0 Å². The van der Waals surface area contributed by atoms with E-state index in [1.165, 1.54) is 17.4 Å². The van der Waals surface area contributed by atoms with Crippen LogP contribution >= 0.6 is 11.8 Å². The normalized spacial score (nSPS) is 24.0. The fourth-order valence-corrected chi connectivity index (χ4v) is 17.0. The van der Waals surface area contributed by atoms with Crippen molar-refractivity contribution in [3.05, 3.63) is 90.3 Å². The van der Waals surface area contributed by atoms with E-state index in [2.05, 4.69) is 105 Å². The first-order chi connectivity index (χ1) is 66.6. The predicted octanol–water partition coefficient (Wildman–Crippen LogP) is -3.71. The van der Waals surface area contributed by atoms with Gasteiger partial charge >= 0.3 is 11.9 Å². The summed E-state index contributed by atoms with van der Waals surface area (Å²) in [5.74, 6) is -22.3. The van der Waals surface area contributed by atoms with Gasteiger partial charge in [-0.15, -0.1) is 11.8 Å². The van der Waals surface area contributed by atoms with Gasteiger partial charge in [0.2, 0.25) is 94.5 Å². The molecule has 0 saturated carbocycles. The summed E-state index contributed by atoms with van der Waals surface area (Å²) in [5, 5.41) is 92.0. The number of H-pyrrole nitrogens is 3. The fraction of sp³-hybridized carbons (Fsp3) is 0.587. The van der Waals surface area contributed by atoms with Crippen LogP contribution in [0.4, 0.5) is 0 Å². The summed E-state index contributed by atoms with van der Waals surface area (Å²) in [7, 11) is 0. The third-order valence-electron chi connectivity index (χ3n) is 23.4. The van der Waals surface area contributed by atoms with Crippen LogP contribution < -0.4 is 102 Å². The number of imidazole rings is 1. The van der Waals surface area contributed by atoms with Gasteiger partial charge in [0.25, 0.3) is 0 Å². The van der Waals surface area contributed by atoms with Crippen LogP contribution in [0.1, 0.15) is 169 Å². The third kappa shape index (κ3) is 36.5. The molecule has 140 heavy (non-hydrogen) atoms. The zero-order valence-corrected chi connectivity index (χ0v) is 81.0. The van der Waals surface area contributed by atoms with Gasteiger partial charge in [0, 0.05) is 90.6 Å². The molecule has 0 bridgehead atoms. The van der Waals surface area contributed by atoms with Crippen molar-refractivity contribution in [1.82, 2.24) is 110 Å². The van der Waals surface area contributed by atoms with E-state index < -0.39 is 265 Å². The molecule has 7 rings (SSSR count). The van der Waals surface area contributed by atoms with Gasteiger partial charge in [-0.05, 0) is 150 Å². The summed E-state index contributed by atoms with van der Waals surface area (Å²) in [6.07, 6.45) is 4.15. The van der Waals surface area contributed by atoms with Gasteiger partial charge in [-0.1, -0.05) is 91.8 Å². The van der Waals surface area contributed by atoms with Crippen LogP contribution in [-0.2, 0) is 106 Å². The molecule has 5 aromatic rings. The van der Waals surface area contributed by atoms with Crippen molar-refractivity contribution in [1.29, 1.82) is 5.41 Å². The molecular formula is C92H139N25O22S. The van der Waals surface area contributed by atoms with E-state index in [4.69, 9.17) is 22.6 Å². The van der Waals surface area contributed by atoms with Crippen LogP contribution in [0, 0.1) is 29.1 Å². The number of aliphatic carboxylic acids is 2. The van der Waals surface area contributed by atoms with E-state index in [1.807, 2.05) is 0 Å². The largest absolute Gasteiger partial charge is 0.481 e. The van der Waals surface area contributed by atoms with Crippen LogP contribution in [0.2, 0.25) is 0 Å². The van der Waals surface area contributed by atoms with Gasteiger partial charge in [-0.3, -0.25) is 91.7 Å². The lowest BCUT2D eigenvalue weighted by Gasteiger charge is -2.31. The first-order valence-electron chi connectivity index (χ1n) is 47.2. The Balaban J connectivity index is 1.30. The maximum absolute atomic E-state index is 15.5. The molecule has 2 aliphatic heterocycles. The smallest absolute Gasteiger partial charge is 0.322 e. The molecule has 2 aromatic carbocycles. The molecule has 5 heterocycles. The number of guanidine groups is 1. The lowest BCUT2D eigenvalue weighted by molar-refractivity contribution is -0.142. The number of unbranched alkanes of at least 4 members (excludes halogenated alkanes) is 2. The van der Waals surface area contributed by atoms with E-state index in [9.17, 15) is 87.5 Å². The van der Waals surface area contributed by atoms with Crippen LogP contribution in [0.15, 0.2) is 73.4 Å². The minimum atomic E-state index is -1.89. The second-order valence-electron chi connectivity index (χ2n) is 36.5. The van der Waals surface area contributed by atoms with Gasteiger partial charge in [-0.25, -0.2) is 4.98 Å². The highest BCUT2D eigenvalue weighted by molar-refractivity contribution is 8.00. The number of benzene rings is 2. The molecule has 3 aromatic heterocycles. The molecule has 47 nitrogen and oxygen atoms in total. The number of hydrogen-bond donors (Lipinski definition) is 27. The molecule has 0 radical (unpaired) electrons. The van der Waals surface area contributed by atoms with Crippen molar-refractivity contribution >= 4 is 146 Å². The lowest BCUT2D eigenvalue weighted by Crippen LogP contribution is -2.62. The van der Waals surface area contributed by atoms with Crippen molar-refractivity contribution in [3.8, 4) is 0 Å². The number of fused-ring (bicyclic) bond motifs is 3. The molecule has 2 fully saturated rings. The minimum absolute atomic E-state index is 0.0112. The van der Waals surface area contributed by atoms with E-state index >= 15 is 19.2 Å². The average molecular weight is 1980 g/mol. The van der Waals surface area contributed by atoms with E-state index in [1.54, 1.807) is 116 Å². The Bertz CT molecular complexity index is 5070. The first-order valence-corrected chi connectivity index (χ1v) is 48.4. The number of carbonyl (C=O) groups is 18. The number of nitrogens with zero attached hydrogens (tertiary/aromatic N) is 2. The molecule has 2 aliphatic rings. The number of carboxylic acids is 2. The summed E-state index contributed by atoms with van der Waals surface area (Å²) in [6.45, 7) is 10.3. The van der Waals surface area contributed by atoms with Crippen molar-refractivity contribution < 1.29 is 107 Å². The molecule has 16 amide bonds. The zero-order chi connectivity index (χ0) is 103. The number of carboxylic acid groups (broad SMARTS) is 2. The molecule has 0 spiro atoms. The Morgan fingerprint density at radius 1 is 0.471 bits per heavy atom. The number of nitrogens with one attached hydrogen (secondary N) is 20. The third-order valence-corrected chi connectivity index (χ3v) is 24.5. The Hall–Kier alpha value is -13.4. The average Bonchev–Trinajstić information content (AvgIpc) is 1.68. The highest BCUT2D eigenvalue weighted by Crippen LogP contribution is 2.26. The fourth-order valence-electron chi connectivity index (χ4n) is 16.1. The summed E-state index contributed by atoms with van der Waals surface area (Å²) in [4.78, 5) is 276. The van der Waals surface area contributed by atoms with E-state index in [0.717, 1.165) is 0 Å². The summed E-state index contributed by atoms with van der Waals surface area (Å²) in [6, 6.07) is -10.1. The van der Waals surface area contributed by atoms with Gasteiger partial charge in [0.1, 0.15) is 97.2 Å². The van der Waals surface area contributed by atoms with Gasteiger partial charge in [0.05, 0.1) is 25.3 Å². The van der Waals surface area contributed by atoms with E-state index in [-0.39, 0.29) is 122 Å². The second-order valence-corrected chi connectivity index (χ2v) is 37.6. The summed E-state index contributed by atoms with van der Waals surface area (Å²) < 4.78 is 0. The SMILES string of the molecule is CC(C)C[C@@H]1NC(=O)[C@H](CCC(=O)O)NC(=O)[C@@H](Cc2c[nH]c3ccccc23)NC(=O)CSC[C@@H](C(=O)NCC(=O)O)NC(=O)[C@H](CC(C)C)NC(=O)[C@H](C(C)C)NC(=O)[C@H](CCCNC(=N)N)NC(=O)[C@H](CO)NC(=O)[C@H](CC(C)C)NC(=O)[C@H](CCCCN)NC(=O)[C@@H]2CCCN2C(=O)[C@H](Cc2cnc[nH]2)NC(=O)[C@H](Cc2c[nH]c3ccccc23)NC(=O)[C@H](CCCCN)NC(=O)[C@H](CO)NC1=O. The van der Waals surface area contributed by atoms with Crippen molar-refractivity contribution in [2.24, 2.45) is 40.9 Å². The zero-order valence-electron chi connectivity index (χ0n) is 80.2. The number of aromatic amines is 3. The molecule has 2 saturated heterocycles. The number of carbonyl (C=O) groups excluding carboxylic acids is 16. The lowest BCUT2D eigenvalue weighted by atomic mass is 9.99. The minimum Gasteiger partial charge on any atom is -0.481 e. The first kappa shape index (κ1) is 114. The number of para-hydroxylation sites is 2. The highest BCUT2D eigenvalue weighted by Gasteiger charge is 2.43. The van der Waals surface area contributed by atoms with E-state index in [0.29, 0.717) is 63.2 Å². The predicted molar refractivity (Wildman–Crippen MR) is 515 cm³/mol. The Labute approximate surface area is 814 Å². The van der Waals surface area contributed by atoms with Crippen LogP contribution in [0.3, 0.4) is 0 Å². The van der Waals surface area contributed by atoms with Crippen molar-refractivity contribution in [3.63, 3.8) is 0 Å². The molecule has 15 atom stereocenters. The van der Waals surface area contributed by atoms with Crippen molar-refractivity contribution in [2.45, 2.75) is 262 Å². The Kier molecular flexibility index (Phi) is 46.5. The van der Waals surface area contributed by atoms with Gasteiger partial charge < -0.3 is 143 Å². The topological polar surface area (TPSA) is 746 Å². The monoisotopic (exact) mass is 1980 g/mol. The van der Waals surface area contributed by atoms with Crippen LogP contribution in [-0.4, -0.2) is 306 Å². The number of amides is 16. The molecular weight excluding hydrogens is 1840 g/mol. The molecule has 770 valence electrons.